The third kappa shape index (κ3) is 3.60. The summed E-state index contributed by atoms with van der Waals surface area (Å²) < 4.78 is 4.21. The van der Waals surface area contributed by atoms with Crippen LogP contribution in [-0.2, 0) is 16.0 Å². The lowest BCUT2D eigenvalue weighted by molar-refractivity contribution is -0.457. The molecule has 78 valence electrons. The molecule has 0 spiro atoms. The van der Waals surface area contributed by atoms with Crippen molar-refractivity contribution in [2.45, 2.75) is 6.42 Å². The van der Waals surface area contributed by atoms with E-state index in [-0.39, 0.29) is 6.47 Å². The second-order valence-corrected chi connectivity index (χ2v) is 2.70. The molecule has 0 aromatic heterocycles. The average molecular weight is 207 g/mol. The van der Waals surface area contributed by atoms with Gasteiger partial charge in [-0.1, -0.05) is 30.3 Å². The second-order valence-electron chi connectivity index (χ2n) is 2.70. The van der Waals surface area contributed by atoms with Gasteiger partial charge < -0.3 is 4.74 Å². The zero-order valence-corrected chi connectivity index (χ0v) is 7.83. The van der Waals surface area contributed by atoms with Crippen LogP contribution in [0.15, 0.2) is 42.3 Å². The van der Waals surface area contributed by atoms with Gasteiger partial charge in [0.15, 0.2) is 0 Å². The third-order valence-corrected chi connectivity index (χ3v) is 1.70. The number of carbonyl (C=O) groups is 1. The Bertz CT molecular complexity index is 372. The van der Waals surface area contributed by atoms with Gasteiger partial charge in [0, 0.05) is 12.5 Å². The van der Waals surface area contributed by atoms with Gasteiger partial charge in [-0.25, -0.2) is 0 Å². The fourth-order valence-electron chi connectivity index (χ4n) is 1.03. The SMILES string of the molecule is O=CO/C(=C/Cc1ccccc1)[N+](=O)[O-]. The third-order valence-electron chi connectivity index (χ3n) is 1.70. The summed E-state index contributed by atoms with van der Waals surface area (Å²) in [5.74, 6) is -0.547. The Kier molecular flexibility index (Phi) is 4.03. The lowest BCUT2D eigenvalue weighted by atomic mass is 10.1. The molecule has 1 rings (SSSR count). The average Bonchev–Trinajstić information content (AvgIpc) is 2.25. The Morgan fingerprint density at radius 1 is 1.40 bits per heavy atom. The highest BCUT2D eigenvalue weighted by Gasteiger charge is 2.10. The number of carbonyl (C=O) groups excluding carboxylic acids is 1. The van der Waals surface area contributed by atoms with Crippen molar-refractivity contribution in [2.24, 2.45) is 0 Å². The minimum absolute atomic E-state index is 0.0413. The second kappa shape index (κ2) is 5.54. The first kappa shape index (κ1) is 10.9. The largest absolute Gasteiger partial charge is 0.431 e. The molecule has 1 aromatic rings. The number of nitrogens with zero attached hydrogens (tertiary/aromatic N) is 1. The van der Waals surface area contributed by atoms with Gasteiger partial charge in [0.2, 0.25) is 0 Å². The quantitative estimate of drug-likeness (QED) is 0.317. The van der Waals surface area contributed by atoms with Crippen LogP contribution >= 0.6 is 0 Å². The lowest BCUT2D eigenvalue weighted by Gasteiger charge is -1.95. The van der Waals surface area contributed by atoms with Gasteiger partial charge in [0.25, 0.3) is 0 Å². The van der Waals surface area contributed by atoms with E-state index in [0.29, 0.717) is 6.42 Å². The van der Waals surface area contributed by atoms with Gasteiger partial charge >= 0.3 is 12.4 Å². The van der Waals surface area contributed by atoms with Gasteiger partial charge in [-0.15, -0.1) is 0 Å². The first-order chi connectivity index (χ1) is 7.24. The lowest BCUT2D eigenvalue weighted by Crippen LogP contribution is -2.03. The molecule has 0 radical (unpaired) electrons. The zero-order valence-electron chi connectivity index (χ0n) is 7.83. The fourth-order valence-corrected chi connectivity index (χ4v) is 1.03. The van der Waals surface area contributed by atoms with Crippen molar-refractivity contribution in [3.05, 3.63) is 58.0 Å². The van der Waals surface area contributed by atoms with Crippen molar-refractivity contribution in [1.29, 1.82) is 0 Å². The van der Waals surface area contributed by atoms with E-state index in [1.807, 2.05) is 30.3 Å². The zero-order chi connectivity index (χ0) is 11.1. The monoisotopic (exact) mass is 207 g/mol. The van der Waals surface area contributed by atoms with E-state index < -0.39 is 10.8 Å². The molecule has 0 aliphatic heterocycles. The predicted molar refractivity (Wildman–Crippen MR) is 52.4 cm³/mol. The number of nitro groups is 1. The van der Waals surface area contributed by atoms with Crippen LogP contribution in [0.25, 0.3) is 0 Å². The molecule has 0 saturated carbocycles. The summed E-state index contributed by atoms with van der Waals surface area (Å²) in [6.45, 7) is 0.0413. The number of rotatable bonds is 5. The van der Waals surface area contributed by atoms with Crippen LogP contribution in [0.1, 0.15) is 5.56 Å². The van der Waals surface area contributed by atoms with Crippen molar-refractivity contribution in [3.63, 3.8) is 0 Å². The first-order valence-corrected chi connectivity index (χ1v) is 4.23. The minimum atomic E-state index is -0.739. The molecule has 1 aromatic carbocycles. The summed E-state index contributed by atoms with van der Waals surface area (Å²) in [4.78, 5) is 19.6. The molecule has 0 heterocycles. The van der Waals surface area contributed by atoms with Crippen molar-refractivity contribution in [3.8, 4) is 0 Å². The van der Waals surface area contributed by atoms with Gasteiger partial charge in [0.05, 0.1) is 0 Å². The molecular formula is C10H9NO4. The van der Waals surface area contributed by atoms with Gasteiger partial charge in [-0.2, -0.15) is 0 Å². The Balaban J connectivity index is 2.69. The smallest absolute Gasteiger partial charge is 0.370 e. The van der Waals surface area contributed by atoms with E-state index in [4.69, 9.17) is 0 Å². The molecule has 0 fully saturated rings. The first-order valence-electron chi connectivity index (χ1n) is 4.23. The summed E-state index contributed by atoms with van der Waals surface area (Å²) in [5.41, 5.74) is 0.909. The highest BCUT2D eigenvalue weighted by Crippen LogP contribution is 2.04. The summed E-state index contributed by atoms with van der Waals surface area (Å²) in [7, 11) is 0. The predicted octanol–water partition coefficient (Wildman–Crippen LogP) is 1.52. The van der Waals surface area contributed by atoms with E-state index in [1.165, 1.54) is 6.08 Å². The van der Waals surface area contributed by atoms with Crippen LogP contribution < -0.4 is 0 Å². The van der Waals surface area contributed by atoms with Crippen LogP contribution in [0.3, 0.4) is 0 Å². The number of hydrogen-bond acceptors (Lipinski definition) is 4. The molecule has 5 nitrogen and oxygen atoms in total. The maximum absolute atomic E-state index is 10.4. The molecule has 0 unspecified atom stereocenters. The summed E-state index contributed by atoms with van der Waals surface area (Å²) >= 11 is 0. The van der Waals surface area contributed by atoms with E-state index >= 15 is 0 Å². The Morgan fingerprint density at radius 3 is 2.60 bits per heavy atom. The molecule has 0 aliphatic rings. The molecule has 0 aliphatic carbocycles. The highest BCUT2D eigenvalue weighted by molar-refractivity contribution is 5.39. The normalized spacial score (nSPS) is 10.8. The van der Waals surface area contributed by atoms with Crippen molar-refractivity contribution < 1.29 is 14.5 Å². The van der Waals surface area contributed by atoms with Gasteiger partial charge in [-0.3, -0.25) is 14.9 Å². The summed E-state index contributed by atoms with van der Waals surface area (Å²) in [6.07, 6.45) is 1.61. The minimum Gasteiger partial charge on any atom is -0.370 e. The number of hydrogen-bond donors (Lipinski definition) is 0. The van der Waals surface area contributed by atoms with Gasteiger partial charge in [0.1, 0.15) is 4.92 Å². The van der Waals surface area contributed by atoms with E-state index in [0.717, 1.165) is 5.56 Å². The molecule has 0 bridgehead atoms. The molecule has 0 atom stereocenters. The van der Waals surface area contributed by atoms with Crippen LogP contribution in [-0.4, -0.2) is 11.4 Å². The van der Waals surface area contributed by atoms with Crippen LogP contribution in [0.2, 0.25) is 0 Å². The maximum Gasteiger partial charge on any atom is 0.431 e. The van der Waals surface area contributed by atoms with E-state index in [1.54, 1.807) is 0 Å². The van der Waals surface area contributed by atoms with Crippen LogP contribution in [0.5, 0.6) is 0 Å². The number of allylic oxidation sites excluding steroid dienone is 1. The van der Waals surface area contributed by atoms with Crippen molar-refractivity contribution >= 4 is 6.47 Å². The van der Waals surface area contributed by atoms with E-state index in [2.05, 4.69) is 4.74 Å². The Hall–Kier alpha value is -2.17. The molecule has 0 saturated heterocycles. The Labute approximate surface area is 86.1 Å². The summed E-state index contributed by atoms with van der Waals surface area (Å²) in [5, 5.41) is 10.4. The van der Waals surface area contributed by atoms with Crippen LogP contribution in [0, 0.1) is 10.1 Å². The molecule has 15 heavy (non-hydrogen) atoms. The Morgan fingerprint density at radius 2 is 2.07 bits per heavy atom. The number of benzene rings is 1. The maximum atomic E-state index is 10.4. The molecule has 0 N–H and O–H groups in total. The van der Waals surface area contributed by atoms with Crippen molar-refractivity contribution in [1.82, 2.24) is 0 Å². The molecular weight excluding hydrogens is 198 g/mol. The number of ether oxygens (including phenoxy) is 1. The molecule has 0 amide bonds. The van der Waals surface area contributed by atoms with Crippen molar-refractivity contribution in [2.75, 3.05) is 0 Å². The van der Waals surface area contributed by atoms with Crippen LogP contribution in [0.4, 0.5) is 0 Å². The summed E-state index contributed by atoms with van der Waals surface area (Å²) in [6, 6.07) is 9.17. The standard InChI is InChI=1S/C10H9NO4/c12-8-15-10(11(13)14)7-6-9-4-2-1-3-5-9/h1-5,7-8H,6H2/b10-7+. The van der Waals surface area contributed by atoms with Gasteiger partial charge in [-0.05, 0) is 5.56 Å². The molecule has 5 heteroatoms. The fraction of sp³-hybridized carbons (Fsp3) is 0.100. The van der Waals surface area contributed by atoms with E-state index in [9.17, 15) is 14.9 Å². The topological polar surface area (TPSA) is 69.4 Å². The highest BCUT2D eigenvalue weighted by atomic mass is 16.7.